The second kappa shape index (κ2) is 6.99. The fourth-order valence-electron chi connectivity index (χ4n) is 1.83. The largest absolute Gasteiger partial charge is 0.490 e. The van der Waals surface area contributed by atoms with Crippen molar-refractivity contribution in [2.24, 2.45) is 5.73 Å². The van der Waals surface area contributed by atoms with Gasteiger partial charge in [-0.2, -0.15) is 0 Å². The van der Waals surface area contributed by atoms with Crippen LogP contribution in [-0.4, -0.2) is 19.1 Å². The van der Waals surface area contributed by atoms with Gasteiger partial charge in [0.2, 0.25) is 0 Å². The summed E-state index contributed by atoms with van der Waals surface area (Å²) in [7, 11) is 0. The first kappa shape index (κ1) is 15.2. The summed E-state index contributed by atoms with van der Waals surface area (Å²) in [6.45, 7) is 0.943. The normalized spacial score (nSPS) is 10.1. The highest BCUT2D eigenvalue weighted by Gasteiger charge is 2.08. The van der Waals surface area contributed by atoms with Gasteiger partial charge in [-0.15, -0.1) is 0 Å². The molecule has 0 aliphatic carbocycles. The van der Waals surface area contributed by atoms with Gasteiger partial charge in [0, 0.05) is 16.7 Å². The van der Waals surface area contributed by atoms with Crippen molar-refractivity contribution in [1.29, 1.82) is 0 Å². The van der Waals surface area contributed by atoms with Crippen LogP contribution < -0.4 is 21.5 Å². The molecule has 2 aromatic carbocycles. The molecule has 5 N–H and O–H groups in total. The van der Waals surface area contributed by atoms with Crippen molar-refractivity contribution in [3.8, 4) is 5.75 Å². The average Bonchev–Trinajstić information content (AvgIpc) is 2.46. The zero-order valence-corrected chi connectivity index (χ0v) is 12.9. The van der Waals surface area contributed by atoms with E-state index in [1.807, 2.05) is 24.3 Å². The van der Waals surface area contributed by atoms with Crippen LogP contribution in [0, 0.1) is 0 Å². The number of primary amides is 1. The molecule has 21 heavy (non-hydrogen) atoms. The minimum atomic E-state index is -0.480. The molecule has 110 valence electrons. The number of nitrogens with one attached hydrogen (secondary N) is 1. The van der Waals surface area contributed by atoms with E-state index >= 15 is 0 Å². The molecule has 2 aromatic rings. The number of nitrogen functional groups attached to an aromatic ring is 1. The van der Waals surface area contributed by atoms with E-state index in [0.29, 0.717) is 35.8 Å². The molecular weight excluding hydrogens is 334 g/mol. The van der Waals surface area contributed by atoms with Crippen LogP contribution in [0.3, 0.4) is 0 Å². The van der Waals surface area contributed by atoms with E-state index in [1.54, 1.807) is 18.2 Å². The fourth-order valence-corrected chi connectivity index (χ4v) is 2.19. The molecule has 5 nitrogen and oxygen atoms in total. The Morgan fingerprint density at radius 3 is 2.71 bits per heavy atom. The van der Waals surface area contributed by atoms with E-state index in [9.17, 15) is 4.79 Å². The molecule has 0 aliphatic rings. The second-order valence-electron chi connectivity index (χ2n) is 4.37. The third-order valence-corrected chi connectivity index (χ3v) is 3.33. The summed E-state index contributed by atoms with van der Waals surface area (Å²) in [6, 6.07) is 12.6. The van der Waals surface area contributed by atoms with E-state index in [4.69, 9.17) is 16.2 Å². The van der Waals surface area contributed by atoms with Crippen LogP contribution in [0.2, 0.25) is 0 Å². The molecule has 1 amide bonds. The maximum atomic E-state index is 11.4. The predicted molar refractivity (Wildman–Crippen MR) is 87.5 cm³/mol. The molecule has 0 unspecified atom stereocenters. The van der Waals surface area contributed by atoms with Gasteiger partial charge in [0.25, 0.3) is 5.91 Å². The minimum Gasteiger partial charge on any atom is -0.490 e. The summed E-state index contributed by atoms with van der Waals surface area (Å²) >= 11 is 3.31. The summed E-state index contributed by atoms with van der Waals surface area (Å²) in [4.78, 5) is 11.4. The molecule has 0 saturated carbocycles. The van der Waals surface area contributed by atoms with Crippen LogP contribution in [0.15, 0.2) is 46.9 Å². The standard InChI is InChI=1S/C15H16BrN3O2/c16-10-5-6-13(11(9-10)15(18)20)19-7-8-21-14-4-2-1-3-12(14)17/h1-6,9,19H,7-8,17H2,(H2,18,20). The molecule has 0 atom stereocenters. The van der Waals surface area contributed by atoms with Crippen LogP contribution >= 0.6 is 15.9 Å². The number of hydrogen-bond donors (Lipinski definition) is 3. The number of benzene rings is 2. The Bertz CT molecular complexity index is 647. The number of anilines is 2. The Balaban J connectivity index is 1.92. The quantitative estimate of drug-likeness (QED) is 0.552. The smallest absolute Gasteiger partial charge is 0.250 e. The molecule has 0 heterocycles. The predicted octanol–water partition coefficient (Wildman–Crippen LogP) is 2.62. The molecule has 0 bridgehead atoms. The summed E-state index contributed by atoms with van der Waals surface area (Å²) in [6.07, 6.45) is 0. The Labute approximate surface area is 131 Å². The highest BCUT2D eigenvalue weighted by Crippen LogP contribution is 2.21. The lowest BCUT2D eigenvalue weighted by molar-refractivity contribution is 0.100. The van der Waals surface area contributed by atoms with Crippen LogP contribution in [0.25, 0.3) is 0 Å². The van der Waals surface area contributed by atoms with Gasteiger partial charge in [0.05, 0.1) is 11.3 Å². The van der Waals surface area contributed by atoms with Crippen molar-refractivity contribution in [1.82, 2.24) is 0 Å². The van der Waals surface area contributed by atoms with Gasteiger partial charge in [-0.1, -0.05) is 28.1 Å². The van der Waals surface area contributed by atoms with Crippen molar-refractivity contribution < 1.29 is 9.53 Å². The molecule has 0 saturated heterocycles. The SMILES string of the molecule is NC(=O)c1cc(Br)ccc1NCCOc1ccccc1N. The van der Waals surface area contributed by atoms with Gasteiger partial charge < -0.3 is 21.5 Å². The van der Waals surface area contributed by atoms with Crippen LogP contribution in [-0.2, 0) is 0 Å². The summed E-state index contributed by atoms with van der Waals surface area (Å²) in [5.74, 6) is 0.164. The van der Waals surface area contributed by atoms with E-state index in [2.05, 4.69) is 21.2 Å². The Hall–Kier alpha value is -2.21. The van der Waals surface area contributed by atoms with Crippen LogP contribution in [0.5, 0.6) is 5.75 Å². The number of rotatable bonds is 6. The molecule has 0 fully saturated rings. The minimum absolute atomic E-state index is 0.419. The zero-order chi connectivity index (χ0) is 15.2. The molecule has 0 radical (unpaired) electrons. The molecule has 0 aliphatic heterocycles. The van der Waals surface area contributed by atoms with Crippen molar-refractivity contribution >= 4 is 33.2 Å². The lowest BCUT2D eigenvalue weighted by atomic mass is 10.1. The van der Waals surface area contributed by atoms with Gasteiger partial charge >= 0.3 is 0 Å². The third kappa shape index (κ3) is 4.13. The molecular formula is C15H16BrN3O2. The van der Waals surface area contributed by atoms with Crippen molar-refractivity contribution in [2.75, 3.05) is 24.2 Å². The number of hydrogen-bond acceptors (Lipinski definition) is 4. The first-order valence-corrected chi connectivity index (χ1v) is 7.18. The number of amides is 1. The van der Waals surface area contributed by atoms with Crippen molar-refractivity contribution in [2.45, 2.75) is 0 Å². The maximum Gasteiger partial charge on any atom is 0.250 e. The number of nitrogens with two attached hydrogens (primary N) is 2. The van der Waals surface area contributed by atoms with Crippen LogP contribution in [0.1, 0.15) is 10.4 Å². The summed E-state index contributed by atoms with van der Waals surface area (Å²) in [5.41, 5.74) is 12.8. The number of ether oxygens (including phenoxy) is 1. The number of para-hydroxylation sites is 2. The van der Waals surface area contributed by atoms with Gasteiger partial charge in [-0.05, 0) is 30.3 Å². The number of halogens is 1. The zero-order valence-electron chi connectivity index (χ0n) is 11.3. The monoisotopic (exact) mass is 349 g/mol. The van der Waals surface area contributed by atoms with Crippen molar-refractivity contribution in [3.05, 3.63) is 52.5 Å². The highest BCUT2D eigenvalue weighted by molar-refractivity contribution is 9.10. The molecule has 0 aromatic heterocycles. The fraction of sp³-hybridized carbons (Fsp3) is 0.133. The van der Waals surface area contributed by atoms with Gasteiger partial charge in [0.1, 0.15) is 12.4 Å². The van der Waals surface area contributed by atoms with E-state index in [-0.39, 0.29) is 0 Å². The summed E-state index contributed by atoms with van der Waals surface area (Å²) in [5, 5.41) is 3.12. The van der Waals surface area contributed by atoms with Crippen LogP contribution in [0.4, 0.5) is 11.4 Å². The molecule has 0 spiro atoms. The average molecular weight is 350 g/mol. The van der Waals surface area contributed by atoms with Gasteiger partial charge in [-0.25, -0.2) is 0 Å². The second-order valence-corrected chi connectivity index (χ2v) is 5.28. The Morgan fingerprint density at radius 1 is 1.24 bits per heavy atom. The molecule has 6 heteroatoms. The van der Waals surface area contributed by atoms with Gasteiger partial charge in [-0.3, -0.25) is 4.79 Å². The molecule has 2 rings (SSSR count). The Morgan fingerprint density at radius 2 is 2.00 bits per heavy atom. The van der Waals surface area contributed by atoms with E-state index in [1.165, 1.54) is 0 Å². The first-order chi connectivity index (χ1) is 10.1. The third-order valence-electron chi connectivity index (χ3n) is 2.84. The van der Waals surface area contributed by atoms with Crippen molar-refractivity contribution in [3.63, 3.8) is 0 Å². The first-order valence-electron chi connectivity index (χ1n) is 6.38. The lowest BCUT2D eigenvalue weighted by Gasteiger charge is -2.12. The Kier molecular flexibility index (Phi) is 5.05. The number of carbonyl (C=O) groups is 1. The van der Waals surface area contributed by atoms with E-state index in [0.717, 1.165) is 4.47 Å². The highest BCUT2D eigenvalue weighted by atomic mass is 79.9. The van der Waals surface area contributed by atoms with E-state index < -0.39 is 5.91 Å². The van der Waals surface area contributed by atoms with Gasteiger partial charge in [0.15, 0.2) is 0 Å². The lowest BCUT2D eigenvalue weighted by Crippen LogP contribution is -2.17. The maximum absolute atomic E-state index is 11.4. The number of carbonyl (C=O) groups excluding carboxylic acids is 1. The summed E-state index contributed by atoms with van der Waals surface area (Å²) < 4.78 is 6.37. The topological polar surface area (TPSA) is 90.4 Å².